The minimum atomic E-state index is 0.991. The highest BCUT2D eigenvalue weighted by Crippen LogP contribution is 2.28. The van der Waals surface area contributed by atoms with Gasteiger partial charge in [0.25, 0.3) is 0 Å². The highest BCUT2D eigenvalue weighted by atomic mass is 32.2. The Kier molecular flexibility index (Phi) is 2.59. The molecule has 0 saturated heterocycles. The van der Waals surface area contributed by atoms with Gasteiger partial charge in [-0.3, -0.25) is 0 Å². The fraction of sp³-hybridized carbons (Fsp3) is 0.500. The van der Waals surface area contributed by atoms with Crippen LogP contribution in [-0.2, 0) is 12.8 Å². The maximum absolute atomic E-state index is 4.67. The number of nitrogens with zero attached hydrogens (tertiary/aromatic N) is 3. The third-order valence-electron chi connectivity index (χ3n) is 3.23. The Morgan fingerprint density at radius 2 is 2.12 bits per heavy atom. The van der Waals surface area contributed by atoms with Crippen LogP contribution in [0.5, 0.6) is 0 Å². The fourth-order valence-corrected chi connectivity index (χ4v) is 3.11. The summed E-state index contributed by atoms with van der Waals surface area (Å²) in [4.78, 5) is 4.67. The average Bonchev–Trinajstić information content (AvgIpc) is 2.64. The Hall–Kier alpha value is -1.03. The molecule has 3 nitrogen and oxygen atoms in total. The Balaban J connectivity index is 2.29. The highest BCUT2D eigenvalue weighted by molar-refractivity contribution is 7.98. The molecule has 0 spiro atoms. The van der Waals surface area contributed by atoms with Crippen LogP contribution in [0.3, 0.4) is 0 Å². The zero-order valence-electron chi connectivity index (χ0n) is 9.44. The second-order valence-corrected chi connectivity index (χ2v) is 5.00. The van der Waals surface area contributed by atoms with E-state index in [2.05, 4.69) is 16.3 Å². The van der Waals surface area contributed by atoms with Gasteiger partial charge >= 0.3 is 0 Å². The van der Waals surface area contributed by atoms with E-state index in [-0.39, 0.29) is 0 Å². The minimum Gasteiger partial charge on any atom is -0.222 e. The molecule has 0 aromatic carbocycles. The molecule has 0 saturated carbocycles. The van der Waals surface area contributed by atoms with E-state index in [0.717, 1.165) is 18.5 Å². The zero-order valence-corrected chi connectivity index (χ0v) is 10.3. The maximum atomic E-state index is 4.67. The van der Waals surface area contributed by atoms with Crippen LogP contribution in [0.2, 0.25) is 0 Å². The van der Waals surface area contributed by atoms with Gasteiger partial charge in [0.05, 0.1) is 11.9 Å². The van der Waals surface area contributed by atoms with Crippen molar-refractivity contribution in [3.8, 4) is 0 Å². The highest BCUT2D eigenvalue weighted by Gasteiger charge is 2.17. The quantitative estimate of drug-likeness (QED) is 0.431. The van der Waals surface area contributed by atoms with Crippen LogP contribution in [-0.4, -0.2) is 20.9 Å². The molecular formula is C12H15N3S. The molecule has 84 valence electrons. The summed E-state index contributed by atoms with van der Waals surface area (Å²) in [6.45, 7) is 0. The molecule has 0 N–H and O–H groups in total. The lowest BCUT2D eigenvalue weighted by Gasteiger charge is -2.11. The molecule has 4 heteroatoms. The van der Waals surface area contributed by atoms with Crippen LogP contribution >= 0.6 is 11.8 Å². The van der Waals surface area contributed by atoms with Gasteiger partial charge in [-0.15, -0.1) is 11.8 Å². The van der Waals surface area contributed by atoms with E-state index < -0.39 is 0 Å². The monoisotopic (exact) mass is 233 g/mol. The van der Waals surface area contributed by atoms with E-state index in [0.29, 0.717) is 0 Å². The summed E-state index contributed by atoms with van der Waals surface area (Å²) in [5, 5.41) is 5.59. The van der Waals surface area contributed by atoms with Crippen LogP contribution in [0, 0.1) is 0 Å². The molecule has 3 rings (SSSR count). The molecule has 0 atom stereocenters. The topological polar surface area (TPSA) is 30.2 Å². The number of aromatic nitrogens is 3. The van der Waals surface area contributed by atoms with Crippen LogP contribution in [0.25, 0.3) is 5.65 Å². The third kappa shape index (κ3) is 1.52. The Bertz CT molecular complexity index is 518. The smallest absolute Gasteiger partial charge is 0.156 e. The fourth-order valence-electron chi connectivity index (χ4n) is 2.46. The Morgan fingerprint density at radius 3 is 3.00 bits per heavy atom. The molecule has 0 bridgehead atoms. The van der Waals surface area contributed by atoms with E-state index in [1.54, 1.807) is 11.8 Å². The second kappa shape index (κ2) is 4.09. The van der Waals surface area contributed by atoms with E-state index in [1.165, 1.54) is 35.5 Å². The number of thioether (sulfide) groups is 1. The largest absolute Gasteiger partial charge is 0.222 e. The average molecular weight is 233 g/mol. The molecule has 1 aliphatic carbocycles. The van der Waals surface area contributed by atoms with E-state index in [1.807, 2.05) is 16.8 Å². The van der Waals surface area contributed by atoms with Crippen molar-refractivity contribution >= 4 is 17.4 Å². The lowest BCUT2D eigenvalue weighted by molar-refractivity contribution is 0.702. The molecule has 16 heavy (non-hydrogen) atoms. The lowest BCUT2D eigenvalue weighted by Crippen LogP contribution is -2.06. The van der Waals surface area contributed by atoms with Crippen LogP contribution in [0.1, 0.15) is 30.5 Å². The Labute approximate surface area is 99.3 Å². The van der Waals surface area contributed by atoms with Gasteiger partial charge in [0.2, 0.25) is 0 Å². The normalized spacial score (nSPS) is 16.1. The van der Waals surface area contributed by atoms with E-state index >= 15 is 0 Å². The van der Waals surface area contributed by atoms with E-state index in [9.17, 15) is 0 Å². The van der Waals surface area contributed by atoms with Crippen molar-refractivity contribution in [3.05, 3.63) is 23.5 Å². The summed E-state index contributed by atoms with van der Waals surface area (Å²) < 4.78 is 2.03. The summed E-state index contributed by atoms with van der Waals surface area (Å²) in [5.74, 6) is 0. The van der Waals surface area contributed by atoms with Gasteiger partial charge in [0.15, 0.2) is 5.65 Å². The molecule has 2 heterocycles. The molecule has 0 radical (unpaired) electrons. The number of hydrogen-bond donors (Lipinski definition) is 0. The lowest BCUT2D eigenvalue weighted by atomic mass is 10.1. The van der Waals surface area contributed by atoms with Gasteiger partial charge in [-0.05, 0) is 31.9 Å². The third-order valence-corrected chi connectivity index (χ3v) is 3.96. The Morgan fingerprint density at radius 1 is 1.25 bits per heavy atom. The zero-order chi connectivity index (χ0) is 11.0. The van der Waals surface area contributed by atoms with Crippen LogP contribution in [0.15, 0.2) is 17.3 Å². The van der Waals surface area contributed by atoms with Crippen molar-refractivity contribution < 1.29 is 0 Å². The summed E-state index contributed by atoms with van der Waals surface area (Å²) in [6, 6.07) is 1.99. The summed E-state index contributed by atoms with van der Waals surface area (Å²) >= 11 is 1.76. The summed E-state index contributed by atoms with van der Waals surface area (Å²) in [6.07, 6.45) is 10.1. The van der Waals surface area contributed by atoms with Crippen molar-refractivity contribution in [3.63, 3.8) is 0 Å². The molecule has 0 aliphatic heterocycles. The minimum absolute atomic E-state index is 0.991. The number of hydrogen-bond acceptors (Lipinski definition) is 3. The van der Waals surface area contributed by atoms with Gasteiger partial charge < -0.3 is 0 Å². The predicted octanol–water partition coefficient (Wildman–Crippen LogP) is 2.72. The summed E-state index contributed by atoms with van der Waals surface area (Å²) in [5.41, 5.74) is 3.81. The number of aryl methyl sites for hydroxylation is 1. The van der Waals surface area contributed by atoms with Gasteiger partial charge in [0.1, 0.15) is 5.03 Å². The van der Waals surface area contributed by atoms with Crippen molar-refractivity contribution in [2.45, 2.75) is 37.1 Å². The van der Waals surface area contributed by atoms with Crippen molar-refractivity contribution in [1.29, 1.82) is 0 Å². The molecule has 0 unspecified atom stereocenters. The van der Waals surface area contributed by atoms with Gasteiger partial charge in [-0.2, -0.15) is 5.10 Å². The van der Waals surface area contributed by atoms with Crippen molar-refractivity contribution in [2.75, 3.05) is 6.26 Å². The first kappa shape index (κ1) is 10.1. The molecular weight excluding hydrogens is 218 g/mol. The SMILES string of the molecule is CSc1nc2ccnn2c2c1CCCCC2. The van der Waals surface area contributed by atoms with E-state index in [4.69, 9.17) is 0 Å². The first-order valence-corrected chi connectivity index (χ1v) is 7.02. The number of fused-ring (bicyclic) bond motifs is 3. The van der Waals surface area contributed by atoms with Gasteiger partial charge in [0, 0.05) is 11.6 Å². The molecule has 0 fully saturated rings. The predicted molar refractivity (Wildman–Crippen MR) is 66.0 cm³/mol. The van der Waals surface area contributed by atoms with Crippen molar-refractivity contribution in [2.24, 2.45) is 0 Å². The molecule has 2 aromatic heterocycles. The maximum Gasteiger partial charge on any atom is 0.156 e. The second-order valence-electron chi connectivity index (χ2n) is 4.21. The van der Waals surface area contributed by atoms with Crippen LogP contribution in [0.4, 0.5) is 0 Å². The summed E-state index contributed by atoms with van der Waals surface area (Å²) in [7, 11) is 0. The first-order valence-electron chi connectivity index (χ1n) is 5.79. The molecule has 0 amide bonds. The van der Waals surface area contributed by atoms with Crippen molar-refractivity contribution in [1.82, 2.24) is 14.6 Å². The number of rotatable bonds is 1. The van der Waals surface area contributed by atoms with Crippen LogP contribution < -0.4 is 0 Å². The standard InChI is InChI=1S/C12H15N3S/c1-16-12-9-5-3-2-4-6-10(9)15-11(14-12)7-8-13-15/h7-8H,2-6H2,1H3. The molecule has 1 aliphatic rings. The van der Waals surface area contributed by atoms with Gasteiger partial charge in [-0.25, -0.2) is 9.50 Å². The van der Waals surface area contributed by atoms with Gasteiger partial charge in [-0.1, -0.05) is 6.42 Å². The first-order chi connectivity index (χ1) is 7.90. The molecule has 2 aromatic rings.